The second kappa shape index (κ2) is 9.01. The number of rotatable bonds is 6. The molecular formula is C17H25ClN4O2. The largest absolute Gasteiger partial charge is 0.494 e. The van der Waals surface area contributed by atoms with Crippen LogP contribution in [0.4, 0.5) is 0 Å². The first-order chi connectivity index (χ1) is 11.3. The molecule has 0 amide bonds. The summed E-state index contributed by atoms with van der Waals surface area (Å²) in [6, 6.07) is 8.30. The van der Waals surface area contributed by atoms with E-state index in [0.717, 1.165) is 44.0 Å². The molecular weight excluding hydrogens is 328 g/mol. The zero-order valence-corrected chi connectivity index (χ0v) is 15.0. The molecule has 7 heteroatoms. The molecule has 1 aromatic heterocycles. The van der Waals surface area contributed by atoms with Crippen molar-refractivity contribution in [1.29, 1.82) is 0 Å². The molecule has 1 aromatic carbocycles. The number of ether oxygens (including phenoxy) is 1. The van der Waals surface area contributed by atoms with Crippen LogP contribution in [0.25, 0.3) is 0 Å². The van der Waals surface area contributed by atoms with Crippen molar-refractivity contribution >= 4 is 12.4 Å². The van der Waals surface area contributed by atoms with Crippen molar-refractivity contribution in [3.63, 3.8) is 0 Å². The van der Waals surface area contributed by atoms with Crippen LogP contribution < -0.4 is 10.1 Å². The minimum absolute atomic E-state index is 0. The van der Waals surface area contributed by atoms with E-state index in [0.29, 0.717) is 12.5 Å². The molecule has 1 atom stereocenters. The third kappa shape index (κ3) is 4.47. The average Bonchev–Trinajstić information content (AvgIpc) is 3.03. The number of benzene rings is 1. The van der Waals surface area contributed by atoms with Gasteiger partial charge in [0.25, 0.3) is 0 Å². The second-order valence-corrected chi connectivity index (χ2v) is 5.79. The predicted molar refractivity (Wildman–Crippen MR) is 94.8 cm³/mol. The normalized spacial score (nSPS) is 18.2. The quantitative estimate of drug-likeness (QED) is 0.860. The van der Waals surface area contributed by atoms with Crippen LogP contribution in [0.15, 0.2) is 28.8 Å². The molecule has 1 aliphatic rings. The standard InChI is InChI=1S/C17H24N4O2.ClH/c1-3-22-15-7-5-4-6-13(15)8-9-16-19-17(20-23-16)14-12-18-10-11-21(14)2;/h4-7,14,18H,3,8-12H2,1-2H3;1H. The van der Waals surface area contributed by atoms with Crippen molar-refractivity contribution in [2.75, 3.05) is 33.3 Å². The van der Waals surface area contributed by atoms with Crippen molar-refractivity contribution < 1.29 is 9.26 Å². The van der Waals surface area contributed by atoms with E-state index in [1.807, 2.05) is 25.1 Å². The van der Waals surface area contributed by atoms with E-state index in [-0.39, 0.29) is 18.4 Å². The van der Waals surface area contributed by atoms with Crippen LogP contribution >= 0.6 is 12.4 Å². The molecule has 2 aromatic rings. The van der Waals surface area contributed by atoms with Crippen LogP contribution in [0.5, 0.6) is 5.75 Å². The number of hydrogen-bond acceptors (Lipinski definition) is 6. The Morgan fingerprint density at radius 2 is 2.17 bits per heavy atom. The van der Waals surface area contributed by atoms with Crippen LogP contribution in [0, 0.1) is 0 Å². The lowest BCUT2D eigenvalue weighted by atomic mass is 10.1. The van der Waals surface area contributed by atoms with Gasteiger partial charge in [0.2, 0.25) is 5.89 Å². The molecule has 3 rings (SSSR count). The van der Waals surface area contributed by atoms with Gasteiger partial charge in [-0.3, -0.25) is 4.90 Å². The van der Waals surface area contributed by atoms with E-state index in [2.05, 4.69) is 33.5 Å². The molecule has 132 valence electrons. The Morgan fingerprint density at radius 3 is 2.96 bits per heavy atom. The van der Waals surface area contributed by atoms with Gasteiger partial charge in [-0.15, -0.1) is 12.4 Å². The highest BCUT2D eigenvalue weighted by atomic mass is 35.5. The zero-order valence-electron chi connectivity index (χ0n) is 14.2. The van der Waals surface area contributed by atoms with Crippen LogP contribution in [0.3, 0.4) is 0 Å². The van der Waals surface area contributed by atoms with Gasteiger partial charge in [0, 0.05) is 26.1 Å². The minimum atomic E-state index is 0. The van der Waals surface area contributed by atoms with Gasteiger partial charge >= 0.3 is 0 Å². The topological polar surface area (TPSA) is 63.4 Å². The van der Waals surface area contributed by atoms with Gasteiger partial charge in [-0.25, -0.2) is 0 Å². The van der Waals surface area contributed by atoms with Crippen LogP contribution in [-0.4, -0.2) is 48.3 Å². The van der Waals surface area contributed by atoms with Crippen molar-refractivity contribution in [3.8, 4) is 5.75 Å². The maximum atomic E-state index is 5.66. The van der Waals surface area contributed by atoms with Crippen molar-refractivity contribution in [2.24, 2.45) is 0 Å². The van der Waals surface area contributed by atoms with E-state index in [4.69, 9.17) is 9.26 Å². The lowest BCUT2D eigenvalue weighted by Crippen LogP contribution is -2.44. The van der Waals surface area contributed by atoms with E-state index < -0.39 is 0 Å². The van der Waals surface area contributed by atoms with Gasteiger partial charge in [0.1, 0.15) is 5.75 Å². The Kier molecular flexibility index (Phi) is 7.02. The summed E-state index contributed by atoms with van der Waals surface area (Å²) in [5.41, 5.74) is 1.17. The number of aryl methyl sites for hydroxylation is 2. The number of aromatic nitrogens is 2. The summed E-state index contributed by atoms with van der Waals surface area (Å²) in [6.07, 6.45) is 1.55. The first-order valence-corrected chi connectivity index (χ1v) is 8.22. The van der Waals surface area contributed by atoms with E-state index >= 15 is 0 Å². The number of hydrogen-bond donors (Lipinski definition) is 1. The van der Waals surface area contributed by atoms with E-state index in [1.165, 1.54) is 5.56 Å². The minimum Gasteiger partial charge on any atom is -0.494 e. The molecule has 1 N–H and O–H groups in total. The molecule has 6 nitrogen and oxygen atoms in total. The fraction of sp³-hybridized carbons (Fsp3) is 0.529. The molecule has 1 unspecified atom stereocenters. The fourth-order valence-corrected chi connectivity index (χ4v) is 2.85. The van der Waals surface area contributed by atoms with Gasteiger partial charge in [-0.1, -0.05) is 23.4 Å². The third-order valence-electron chi connectivity index (χ3n) is 4.17. The number of nitrogens with one attached hydrogen (secondary N) is 1. The summed E-state index contributed by atoms with van der Waals surface area (Å²) in [6.45, 7) is 5.53. The van der Waals surface area contributed by atoms with Gasteiger partial charge in [0.15, 0.2) is 5.82 Å². The molecule has 1 aliphatic heterocycles. The summed E-state index contributed by atoms with van der Waals surface area (Å²) in [5, 5.41) is 7.53. The summed E-state index contributed by atoms with van der Waals surface area (Å²) in [5.74, 6) is 2.39. The zero-order chi connectivity index (χ0) is 16.1. The number of nitrogens with zero attached hydrogens (tertiary/aromatic N) is 3. The summed E-state index contributed by atoms with van der Waals surface area (Å²) in [7, 11) is 2.10. The Balaban J connectivity index is 0.00000208. The van der Waals surface area contributed by atoms with Gasteiger partial charge in [0.05, 0.1) is 12.6 Å². The first kappa shape index (κ1) is 18.7. The van der Waals surface area contributed by atoms with Gasteiger partial charge in [-0.2, -0.15) is 4.98 Å². The smallest absolute Gasteiger partial charge is 0.227 e. The number of piperazine rings is 1. The molecule has 0 saturated carbocycles. The first-order valence-electron chi connectivity index (χ1n) is 8.22. The third-order valence-corrected chi connectivity index (χ3v) is 4.17. The lowest BCUT2D eigenvalue weighted by molar-refractivity contribution is 0.190. The van der Waals surface area contributed by atoms with Crippen LogP contribution in [-0.2, 0) is 12.8 Å². The maximum Gasteiger partial charge on any atom is 0.227 e. The molecule has 0 spiro atoms. The molecule has 2 heterocycles. The SMILES string of the molecule is CCOc1ccccc1CCc1nc(C2CNCCN2C)no1.Cl. The molecule has 0 aliphatic carbocycles. The van der Waals surface area contributed by atoms with Gasteiger partial charge in [-0.05, 0) is 32.0 Å². The molecule has 1 saturated heterocycles. The fourth-order valence-electron chi connectivity index (χ4n) is 2.85. The van der Waals surface area contributed by atoms with E-state index in [9.17, 15) is 0 Å². The second-order valence-electron chi connectivity index (χ2n) is 5.79. The summed E-state index contributed by atoms with van der Waals surface area (Å²) in [4.78, 5) is 6.83. The maximum absolute atomic E-state index is 5.66. The Bertz CT molecular complexity index is 635. The molecule has 0 bridgehead atoms. The number of halogens is 1. The number of para-hydroxylation sites is 1. The Labute approximate surface area is 149 Å². The highest BCUT2D eigenvalue weighted by molar-refractivity contribution is 5.85. The van der Waals surface area contributed by atoms with Crippen molar-refractivity contribution in [3.05, 3.63) is 41.5 Å². The Morgan fingerprint density at radius 1 is 1.33 bits per heavy atom. The summed E-state index contributed by atoms with van der Waals surface area (Å²) >= 11 is 0. The highest BCUT2D eigenvalue weighted by Gasteiger charge is 2.25. The lowest BCUT2D eigenvalue weighted by Gasteiger charge is -2.30. The van der Waals surface area contributed by atoms with Crippen molar-refractivity contribution in [2.45, 2.75) is 25.8 Å². The molecule has 24 heavy (non-hydrogen) atoms. The molecule has 0 radical (unpaired) electrons. The Hall–Kier alpha value is -1.63. The average molecular weight is 353 g/mol. The van der Waals surface area contributed by atoms with Crippen LogP contribution in [0.2, 0.25) is 0 Å². The van der Waals surface area contributed by atoms with E-state index in [1.54, 1.807) is 0 Å². The summed E-state index contributed by atoms with van der Waals surface area (Å²) < 4.78 is 11.1. The van der Waals surface area contributed by atoms with Crippen LogP contribution in [0.1, 0.15) is 30.2 Å². The monoisotopic (exact) mass is 352 g/mol. The highest BCUT2D eigenvalue weighted by Crippen LogP contribution is 2.21. The van der Waals surface area contributed by atoms with Gasteiger partial charge < -0.3 is 14.6 Å². The molecule has 1 fully saturated rings. The number of likely N-dealkylation sites (N-methyl/N-ethyl adjacent to an activating group) is 1. The van der Waals surface area contributed by atoms with Crippen molar-refractivity contribution in [1.82, 2.24) is 20.4 Å². The predicted octanol–water partition coefficient (Wildman–Crippen LogP) is 2.25.